The number of nitrogens with zero attached hydrogens (tertiary/aromatic N) is 1. The molecule has 6 heteroatoms. The van der Waals surface area contributed by atoms with E-state index in [-0.39, 0.29) is 4.90 Å². The molecule has 0 aliphatic carbocycles. The summed E-state index contributed by atoms with van der Waals surface area (Å²) in [5.74, 6) is 0. The van der Waals surface area contributed by atoms with E-state index in [2.05, 4.69) is 14.7 Å². The molecule has 5 nitrogen and oxygen atoms in total. The number of nitrogens with one attached hydrogen (secondary N) is 2. The average Bonchev–Trinajstić information content (AvgIpc) is 3.12. The van der Waals surface area contributed by atoms with E-state index in [0.29, 0.717) is 5.69 Å². The number of sulfonamides is 1. The molecule has 0 amide bonds. The molecular weight excluding hydrogens is 334 g/mol. The Bertz CT molecular complexity index is 1120. The van der Waals surface area contributed by atoms with Crippen LogP contribution in [-0.4, -0.2) is 18.4 Å². The Morgan fingerprint density at radius 1 is 0.880 bits per heavy atom. The highest BCUT2D eigenvalue weighted by Crippen LogP contribution is 2.28. The van der Waals surface area contributed by atoms with Crippen molar-refractivity contribution in [3.63, 3.8) is 0 Å². The van der Waals surface area contributed by atoms with Crippen LogP contribution in [0.4, 0.5) is 5.69 Å². The molecule has 2 heterocycles. The highest BCUT2D eigenvalue weighted by Gasteiger charge is 2.13. The van der Waals surface area contributed by atoms with Crippen molar-refractivity contribution in [2.24, 2.45) is 0 Å². The number of rotatable bonds is 4. The Kier molecular flexibility index (Phi) is 3.74. The molecule has 4 aromatic rings. The first-order valence-corrected chi connectivity index (χ1v) is 9.22. The molecule has 25 heavy (non-hydrogen) atoms. The molecule has 2 aromatic heterocycles. The summed E-state index contributed by atoms with van der Waals surface area (Å²) in [6, 6.07) is 19.5. The Balaban J connectivity index is 1.64. The first-order chi connectivity index (χ1) is 12.1. The topological polar surface area (TPSA) is 74.8 Å². The maximum Gasteiger partial charge on any atom is 0.261 e. The van der Waals surface area contributed by atoms with Gasteiger partial charge in [0.2, 0.25) is 0 Å². The second-order valence-electron chi connectivity index (χ2n) is 5.59. The zero-order valence-corrected chi connectivity index (χ0v) is 14.0. The van der Waals surface area contributed by atoms with Crippen molar-refractivity contribution >= 4 is 26.7 Å². The van der Waals surface area contributed by atoms with Gasteiger partial charge < -0.3 is 4.98 Å². The van der Waals surface area contributed by atoms with E-state index >= 15 is 0 Å². The quantitative estimate of drug-likeness (QED) is 0.584. The zero-order chi connectivity index (χ0) is 17.3. The van der Waals surface area contributed by atoms with E-state index in [0.717, 1.165) is 22.2 Å². The molecule has 2 N–H and O–H groups in total. The number of aromatic amines is 1. The summed E-state index contributed by atoms with van der Waals surface area (Å²) in [6.07, 6.45) is 3.60. The van der Waals surface area contributed by atoms with Gasteiger partial charge in [-0.15, -0.1) is 0 Å². The summed E-state index contributed by atoms with van der Waals surface area (Å²) >= 11 is 0. The lowest BCUT2D eigenvalue weighted by atomic mass is 10.0. The normalized spacial score (nSPS) is 11.5. The Morgan fingerprint density at radius 3 is 2.40 bits per heavy atom. The van der Waals surface area contributed by atoms with Gasteiger partial charge in [-0.25, -0.2) is 13.4 Å². The molecule has 0 spiro atoms. The van der Waals surface area contributed by atoms with E-state index in [9.17, 15) is 8.42 Å². The largest absolute Gasteiger partial charge is 0.346 e. The van der Waals surface area contributed by atoms with Gasteiger partial charge in [-0.3, -0.25) is 4.72 Å². The van der Waals surface area contributed by atoms with E-state index < -0.39 is 10.0 Å². The van der Waals surface area contributed by atoms with Crippen molar-refractivity contribution in [1.29, 1.82) is 0 Å². The van der Waals surface area contributed by atoms with Crippen LogP contribution in [0.2, 0.25) is 0 Å². The third-order valence-corrected chi connectivity index (χ3v) is 5.36. The molecule has 0 atom stereocenters. The fourth-order valence-corrected chi connectivity index (χ4v) is 3.82. The predicted molar refractivity (Wildman–Crippen MR) is 98.8 cm³/mol. The smallest absolute Gasteiger partial charge is 0.261 e. The molecule has 0 aliphatic rings. The van der Waals surface area contributed by atoms with Gasteiger partial charge in [-0.2, -0.15) is 0 Å². The van der Waals surface area contributed by atoms with Crippen molar-refractivity contribution in [2.45, 2.75) is 4.90 Å². The van der Waals surface area contributed by atoms with Crippen LogP contribution < -0.4 is 4.72 Å². The van der Waals surface area contributed by atoms with E-state index in [1.54, 1.807) is 48.7 Å². The summed E-state index contributed by atoms with van der Waals surface area (Å²) < 4.78 is 27.3. The number of fused-ring (bicyclic) bond motifs is 1. The number of aromatic nitrogens is 2. The van der Waals surface area contributed by atoms with Gasteiger partial charge in [-0.05, 0) is 47.5 Å². The zero-order valence-electron chi connectivity index (χ0n) is 13.2. The summed E-state index contributed by atoms with van der Waals surface area (Å²) in [6.45, 7) is 0. The SMILES string of the molecule is O=S(=O)(Nc1ccc(-c2ccnc3[nH]ccc23)cc1)c1ccccc1. The molecule has 0 saturated heterocycles. The number of anilines is 1. The second-order valence-corrected chi connectivity index (χ2v) is 7.28. The third-order valence-electron chi connectivity index (χ3n) is 3.96. The number of benzene rings is 2. The predicted octanol–water partition coefficient (Wildman–Crippen LogP) is 4.03. The Morgan fingerprint density at radius 2 is 1.64 bits per heavy atom. The van der Waals surface area contributed by atoms with Crippen LogP contribution in [0.15, 0.2) is 84.0 Å². The van der Waals surface area contributed by atoms with Gasteiger partial charge in [-0.1, -0.05) is 30.3 Å². The van der Waals surface area contributed by atoms with E-state index in [1.807, 2.05) is 30.5 Å². The van der Waals surface area contributed by atoms with Crippen molar-refractivity contribution < 1.29 is 8.42 Å². The van der Waals surface area contributed by atoms with Crippen LogP contribution in [0.1, 0.15) is 0 Å². The lowest BCUT2D eigenvalue weighted by molar-refractivity contribution is 0.601. The van der Waals surface area contributed by atoms with Gasteiger partial charge in [0.1, 0.15) is 5.65 Å². The van der Waals surface area contributed by atoms with Crippen LogP contribution in [0.5, 0.6) is 0 Å². The fraction of sp³-hybridized carbons (Fsp3) is 0. The van der Waals surface area contributed by atoms with Crippen LogP contribution in [0.25, 0.3) is 22.2 Å². The van der Waals surface area contributed by atoms with Crippen molar-refractivity contribution in [1.82, 2.24) is 9.97 Å². The first-order valence-electron chi connectivity index (χ1n) is 7.74. The van der Waals surface area contributed by atoms with Gasteiger partial charge in [0.05, 0.1) is 4.90 Å². The Hall–Kier alpha value is -3.12. The maximum absolute atomic E-state index is 12.4. The van der Waals surface area contributed by atoms with Crippen molar-refractivity contribution in [3.8, 4) is 11.1 Å². The van der Waals surface area contributed by atoms with Gasteiger partial charge >= 0.3 is 0 Å². The summed E-state index contributed by atoms with van der Waals surface area (Å²) in [4.78, 5) is 7.61. The molecule has 0 saturated carbocycles. The van der Waals surface area contributed by atoms with Crippen LogP contribution >= 0.6 is 0 Å². The Labute approximate surface area is 145 Å². The van der Waals surface area contributed by atoms with Crippen LogP contribution in [0.3, 0.4) is 0 Å². The van der Waals surface area contributed by atoms with Gasteiger partial charge in [0.15, 0.2) is 0 Å². The molecular formula is C19H15N3O2S. The molecule has 0 unspecified atom stereocenters. The minimum absolute atomic E-state index is 0.238. The van der Waals surface area contributed by atoms with Crippen molar-refractivity contribution in [3.05, 3.63) is 79.1 Å². The minimum Gasteiger partial charge on any atom is -0.346 e. The van der Waals surface area contributed by atoms with E-state index in [4.69, 9.17) is 0 Å². The van der Waals surface area contributed by atoms with Crippen LogP contribution in [0, 0.1) is 0 Å². The summed E-state index contributed by atoms with van der Waals surface area (Å²) in [5.41, 5.74) is 3.39. The fourth-order valence-electron chi connectivity index (χ4n) is 2.74. The lowest BCUT2D eigenvalue weighted by Gasteiger charge is -2.09. The highest BCUT2D eigenvalue weighted by molar-refractivity contribution is 7.92. The molecule has 0 bridgehead atoms. The first kappa shape index (κ1) is 15.4. The summed E-state index contributed by atoms with van der Waals surface area (Å²) in [5, 5.41) is 1.03. The maximum atomic E-state index is 12.4. The van der Waals surface area contributed by atoms with Gasteiger partial charge in [0, 0.05) is 23.5 Å². The van der Waals surface area contributed by atoms with Crippen LogP contribution in [-0.2, 0) is 10.0 Å². The third kappa shape index (κ3) is 2.99. The number of hydrogen-bond donors (Lipinski definition) is 2. The number of hydrogen-bond acceptors (Lipinski definition) is 3. The lowest BCUT2D eigenvalue weighted by Crippen LogP contribution is -2.12. The molecule has 2 aromatic carbocycles. The monoisotopic (exact) mass is 349 g/mol. The summed E-state index contributed by atoms with van der Waals surface area (Å²) in [7, 11) is -3.58. The molecule has 0 fully saturated rings. The minimum atomic E-state index is -3.58. The molecule has 0 radical (unpaired) electrons. The second kappa shape index (κ2) is 6.07. The average molecular weight is 349 g/mol. The number of H-pyrrole nitrogens is 1. The molecule has 4 rings (SSSR count). The van der Waals surface area contributed by atoms with E-state index in [1.165, 1.54) is 0 Å². The standard InChI is InChI=1S/C19H15N3O2S/c23-25(24,16-4-2-1-3-5-16)22-15-8-6-14(7-9-15)17-10-12-20-19-18(17)11-13-21-19/h1-13,22H,(H,20,21). The number of pyridine rings is 1. The van der Waals surface area contributed by atoms with Gasteiger partial charge in [0.25, 0.3) is 10.0 Å². The van der Waals surface area contributed by atoms with Crippen molar-refractivity contribution in [2.75, 3.05) is 4.72 Å². The highest BCUT2D eigenvalue weighted by atomic mass is 32.2. The molecule has 124 valence electrons. The molecule has 0 aliphatic heterocycles.